The van der Waals surface area contributed by atoms with Crippen molar-refractivity contribution in [2.24, 2.45) is 0 Å². The zero-order valence-electron chi connectivity index (χ0n) is 11.3. The van der Waals surface area contributed by atoms with Crippen LogP contribution in [0.4, 0.5) is 11.4 Å². The van der Waals surface area contributed by atoms with Crippen molar-refractivity contribution in [3.8, 4) is 0 Å². The van der Waals surface area contributed by atoms with Gasteiger partial charge in [-0.15, -0.1) is 11.3 Å². The van der Waals surface area contributed by atoms with Crippen molar-refractivity contribution in [3.63, 3.8) is 0 Å². The smallest absolute Gasteiger partial charge is 0.271 e. The van der Waals surface area contributed by atoms with Crippen LogP contribution in [0.3, 0.4) is 0 Å². The van der Waals surface area contributed by atoms with Crippen LogP contribution in [-0.4, -0.2) is 9.91 Å². The molecule has 1 atom stereocenters. The molecule has 1 heterocycles. The molecule has 0 saturated carbocycles. The van der Waals surface area contributed by atoms with E-state index >= 15 is 0 Å². The average Bonchev–Trinajstić information content (AvgIpc) is 2.70. The molecule has 2 rings (SSSR count). The van der Waals surface area contributed by atoms with E-state index in [0.717, 1.165) is 15.6 Å². The Labute approximate surface area is 125 Å². The second kappa shape index (κ2) is 5.76. The molecule has 0 aliphatic rings. The lowest BCUT2D eigenvalue weighted by molar-refractivity contribution is -0.384. The number of anilines is 1. The highest BCUT2D eigenvalue weighted by Crippen LogP contribution is 2.32. The molecule has 0 amide bonds. The summed E-state index contributed by atoms with van der Waals surface area (Å²) < 4.78 is 0. The standard InChI is InChI=1S/C13H14ClN3O2S/c1-7-13(20-9(3)15-7)8(2)16-12-5-4-10(17(18)19)6-11(12)14/h4-6,8,16H,1-3H3. The van der Waals surface area contributed by atoms with Gasteiger partial charge in [0.15, 0.2) is 0 Å². The molecule has 0 fully saturated rings. The number of rotatable bonds is 4. The molecule has 0 aliphatic heterocycles. The van der Waals surface area contributed by atoms with Gasteiger partial charge in [-0.1, -0.05) is 11.6 Å². The first-order valence-corrected chi connectivity index (χ1v) is 7.22. The summed E-state index contributed by atoms with van der Waals surface area (Å²) in [6.45, 7) is 5.94. The SMILES string of the molecule is Cc1nc(C)c(C(C)Nc2ccc([N+](=O)[O-])cc2Cl)s1. The van der Waals surface area contributed by atoms with Crippen molar-refractivity contribution in [2.45, 2.75) is 26.8 Å². The number of halogens is 1. The van der Waals surface area contributed by atoms with Gasteiger partial charge in [-0.05, 0) is 26.8 Å². The molecule has 0 bridgehead atoms. The van der Waals surface area contributed by atoms with Gasteiger partial charge >= 0.3 is 0 Å². The van der Waals surface area contributed by atoms with E-state index in [1.54, 1.807) is 17.4 Å². The van der Waals surface area contributed by atoms with Crippen molar-refractivity contribution in [2.75, 3.05) is 5.32 Å². The van der Waals surface area contributed by atoms with Gasteiger partial charge in [-0.25, -0.2) is 4.98 Å². The Bertz CT molecular complexity index is 657. The molecule has 20 heavy (non-hydrogen) atoms. The van der Waals surface area contributed by atoms with Gasteiger partial charge in [-0.3, -0.25) is 10.1 Å². The van der Waals surface area contributed by atoms with Crippen LogP contribution in [0.1, 0.15) is 28.5 Å². The minimum absolute atomic E-state index is 0.0157. The predicted molar refractivity (Wildman–Crippen MR) is 81.7 cm³/mol. The number of nitrogens with one attached hydrogen (secondary N) is 1. The molecule has 106 valence electrons. The van der Waals surface area contributed by atoms with Crippen molar-refractivity contribution >= 4 is 34.3 Å². The van der Waals surface area contributed by atoms with Crippen LogP contribution >= 0.6 is 22.9 Å². The summed E-state index contributed by atoms with van der Waals surface area (Å²) in [7, 11) is 0. The molecule has 1 aromatic heterocycles. The number of hydrogen-bond donors (Lipinski definition) is 1. The van der Waals surface area contributed by atoms with Crippen molar-refractivity contribution in [1.82, 2.24) is 4.98 Å². The number of nitro groups is 1. The average molecular weight is 312 g/mol. The molecule has 7 heteroatoms. The van der Waals surface area contributed by atoms with Gasteiger partial charge in [0, 0.05) is 17.0 Å². The number of nitro benzene ring substituents is 1. The fourth-order valence-corrected chi connectivity index (χ4v) is 3.14. The van der Waals surface area contributed by atoms with E-state index in [0.29, 0.717) is 10.7 Å². The first-order chi connectivity index (χ1) is 9.38. The van der Waals surface area contributed by atoms with Crippen LogP contribution < -0.4 is 5.32 Å². The highest BCUT2D eigenvalue weighted by molar-refractivity contribution is 7.11. The molecule has 1 aromatic carbocycles. The van der Waals surface area contributed by atoms with Gasteiger partial charge in [0.2, 0.25) is 0 Å². The first-order valence-electron chi connectivity index (χ1n) is 6.03. The monoisotopic (exact) mass is 311 g/mol. The zero-order valence-corrected chi connectivity index (χ0v) is 12.9. The van der Waals surface area contributed by atoms with E-state index in [9.17, 15) is 10.1 Å². The fourth-order valence-electron chi connectivity index (χ4n) is 1.98. The number of aryl methyl sites for hydroxylation is 2. The second-order valence-electron chi connectivity index (χ2n) is 4.47. The molecule has 2 aromatic rings. The maximum Gasteiger partial charge on any atom is 0.271 e. The fraction of sp³-hybridized carbons (Fsp3) is 0.308. The summed E-state index contributed by atoms with van der Waals surface area (Å²) in [6.07, 6.45) is 0. The number of benzene rings is 1. The number of nitrogens with zero attached hydrogens (tertiary/aromatic N) is 2. The quantitative estimate of drug-likeness (QED) is 0.667. The number of hydrogen-bond acceptors (Lipinski definition) is 5. The lowest BCUT2D eigenvalue weighted by atomic mass is 10.2. The third kappa shape index (κ3) is 3.08. The van der Waals surface area contributed by atoms with E-state index < -0.39 is 4.92 Å². The maximum absolute atomic E-state index is 10.7. The molecular formula is C13H14ClN3O2S. The highest BCUT2D eigenvalue weighted by Gasteiger charge is 2.15. The zero-order chi connectivity index (χ0) is 14.9. The van der Waals surface area contributed by atoms with Gasteiger partial charge in [0.05, 0.1) is 32.4 Å². The number of non-ortho nitro benzene ring substituents is 1. The molecular weight excluding hydrogens is 298 g/mol. The van der Waals surface area contributed by atoms with E-state index in [1.807, 2.05) is 20.8 Å². The molecule has 0 saturated heterocycles. The molecule has 0 spiro atoms. The Morgan fingerprint density at radius 1 is 1.45 bits per heavy atom. The van der Waals surface area contributed by atoms with Crippen molar-refractivity contribution < 1.29 is 4.92 Å². The van der Waals surface area contributed by atoms with Crippen LogP contribution in [0.25, 0.3) is 0 Å². The van der Waals surface area contributed by atoms with Gasteiger partial charge in [-0.2, -0.15) is 0 Å². The third-order valence-corrected chi connectivity index (χ3v) is 4.44. The first kappa shape index (κ1) is 14.7. The van der Waals surface area contributed by atoms with Crippen LogP contribution in [0.2, 0.25) is 5.02 Å². The number of thiazole rings is 1. The van der Waals surface area contributed by atoms with Crippen LogP contribution in [0, 0.1) is 24.0 Å². The van der Waals surface area contributed by atoms with E-state index in [-0.39, 0.29) is 11.7 Å². The van der Waals surface area contributed by atoms with E-state index in [1.165, 1.54) is 12.1 Å². The molecule has 0 radical (unpaired) electrons. The Kier molecular flexibility index (Phi) is 4.25. The van der Waals surface area contributed by atoms with Gasteiger partial charge < -0.3 is 5.32 Å². The Balaban J connectivity index is 2.22. The largest absolute Gasteiger partial charge is 0.376 e. The molecule has 0 aliphatic carbocycles. The summed E-state index contributed by atoms with van der Waals surface area (Å²) in [4.78, 5) is 15.7. The van der Waals surface area contributed by atoms with E-state index in [2.05, 4.69) is 10.3 Å². The minimum Gasteiger partial charge on any atom is -0.376 e. The normalized spacial score (nSPS) is 12.2. The summed E-state index contributed by atoms with van der Waals surface area (Å²) in [5.41, 5.74) is 1.65. The minimum atomic E-state index is -0.463. The lowest BCUT2D eigenvalue weighted by Gasteiger charge is -2.15. The summed E-state index contributed by atoms with van der Waals surface area (Å²) in [5, 5.41) is 15.3. The van der Waals surface area contributed by atoms with Crippen molar-refractivity contribution in [3.05, 3.63) is 48.9 Å². The molecule has 1 unspecified atom stereocenters. The maximum atomic E-state index is 10.7. The third-order valence-electron chi connectivity index (χ3n) is 2.87. The van der Waals surface area contributed by atoms with Crippen LogP contribution in [0.15, 0.2) is 18.2 Å². The Morgan fingerprint density at radius 2 is 2.15 bits per heavy atom. The Hall–Kier alpha value is -1.66. The van der Waals surface area contributed by atoms with E-state index in [4.69, 9.17) is 11.6 Å². The summed E-state index contributed by atoms with van der Waals surface area (Å²) in [5.74, 6) is 0. The Morgan fingerprint density at radius 3 is 2.65 bits per heavy atom. The predicted octanol–water partition coefficient (Wildman–Crippen LogP) is 4.49. The summed E-state index contributed by atoms with van der Waals surface area (Å²) in [6, 6.07) is 4.45. The van der Waals surface area contributed by atoms with Crippen LogP contribution in [0.5, 0.6) is 0 Å². The molecule has 1 N–H and O–H groups in total. The highest BCUT2D eigenvalue weighted by atomic mass is 35.5. The van der Waals surface area contributed by atoms with Gasteiger partial charge in [0.25, 0.3) is 5.69 Å². The van der Waals surface area contributed by atoms with Gasteiger partial charge in [0.1, 0.15) is 0 Å². The van der Waals surface area contributed by atoms with Crippen molar-refractivity contribution in [1.29, 1.82) is 0 Å². The lowest BCUT2D eigenvalue weighted by Crippen LogP contribution is -2.06. The number of aromatic nitrogens is 1. The second-order valence-corrected chi connectivity index (χ2v) is 6.11. The molecule has 5 nitrogen and oxygen atoms in total. The topological polar surface area (TPSA) is 68.1 Å². The van der Waals surface area contributed by atoms with Crippen LogP contribution in [-0.2, 0) is 0 Å². The summed E-state index contributed by atoms with van der Waals surface area (Å²) >= 11 is 7.70.